The molecule has 0 aliphatic heterocycles. The van der Waals surface area contributed by atoms with Crippen LogP contribution in [0.3, 0.4) is 0 Å². The van der Waals surface area contributed by atoms with Crippen LogP contribution in [-0.2, 0) is 22.4 Å². The van der Waals surface area contributed by atoms with E-state index < -0.39 is 0 Å². The van der Waals surface area contributed by atoms with E-state index in [0.717, 1.165) is 38.7 Å². The number of carbonyl (C=O) groups is 1. The fourth-order valence-electron chi connectivity index (χ4n) is 3.49. The number of hydrogen-bond donors (Lipinski definition) is 0. The van der Waals surface area contributed by atoms with Crippen molar-refractivity contribution in [1.29, 1.82) is 0 Å². The second kappa shape index (κ2) is 8.61. The fourth-order valence-corrected chi connectivity index (χ4v) is 3.61. The Labute approximate surface area is 170 Å². The molecule has 0 saturated heterocycles. The standard InChI is InChI=1S/C23H24ClNO3/c1-5-28-23-19(12-16-6-8-18(24)9-7-16)15(3)22-17(13-21(26)27-4)10-14(2)11-20(22)25-23/h6-11H,5,12-13H2,1-4H3. The zero-order chi connectivity index (χ0) is 20.3. The first-order valence-corrected chi connectivity index (χ1v) is 9.67. The molecular weight excluding hydrogens is 374 g/mol. The van der Waals surface area contributed by atoms with Gasteiger partial charge in [-0.1, -0.05) is 29.8 Å². The fraction of sp³-hybridized carbons (Fsp3) is 0.304. The number of halogens is 1. The first-order valence-electron chi connectivity index (χ1n) is 9.29. The van der Waals surface area contributed by atoms with Crippen molar-refractivity contribution in [2.75, 3.05) is 13.7 Å². The van der Waals surface area contributed by atoms with Gasteiger partial charge in [0.15, 0.2) is 0 Å². The van der Waals surface area contributed by atoms with Crippen molar-refractivity contribution in [3.63, 3.8) is 0 Å². The summed E-state index contributed by atoms with van der Waals surface area (Å²) in [5, 5.41) is 1.70. The minimum absolute atomic E-state index is 0.214. The van der Waals surface area contributed by atoms with Crippen molar-refractivity contribution in [2.24, 2.45) is 0 Å². The molecule has 0 radical (unpaired) electrons. The second-order valence-electron chi connectivity index (χ2n) is 6.83. The van der Waals surface area contributed by atoms with Crippen LogP contribution in [0.25, 0.3) is 10.9 Å². The highest BCUT2D eigenvalue weighted by Crippen LogP contribution is 2.33. The third-order valence-electron chi connectivity index (χ3n) is 4.79. The molecular formula is C23H24ClNO3. The molecule has 3 rings (SSSR count). The van der Waals surface area contributed by atoms with Crippen molar-refractivity contribution in [3.05, 3.63) is 69.2 Å². The van der Waals surface area contributed by atoms with Gasteiger partial charge in [-0.05, 0) is 61.2 Å². The summed E-state index contributed by atoms with van der Waals surface area (Å²) >= 11 is 6.02. The van der Waals surface area contributed by atoms with Gasteiger partial charge in [0.2, 0.25) is 5.88 Å². The molecule has 1 aromatic heterocycles. The number of nitrogens with zero attached hydrogens (tertiary/aromatic N) is 1. The number of carbonyl (C=O) groups excluding carboxylic acids is 1. The van der Waals surface area contributed by atoms with Gasteiger partial charge in [-0.15, -0.1) is 0 Å². The van der Waals surface area contributed by atoms with Gasteiger partial charge >= 0.3 is 5.97 Å². The van der Waals surface area contributed by atoms with E-state index >= 15 is 0 Å². The Bertz CT molecular complexity index is 1010. The summed E-state index contributed by atoms with van der Waals surface area (Å²) in [5.74, 6) is 0.372. The van der Waals surface area contributed by atoms with E-state index in [4.69, 9.17) is 26.1 Å². The largest absolute Gasteiger partial charge is 0.478 e. The molecule has 28 heavy (non-hydrogen) atoms. The molecule has 5 heteroatoms. The van der Waals surface area contributed by atoms with E-state index in [9.17, 15) is 4.79 Å². The van der Waals surface area contributed by atoms with E-state index in [0.29, 0.717) is 23.9 Å². The van der Waals surface area contributed by atoms with Crippen molar-refractivity contribution in [3.8, 4) is 5.88 Å². The molecule has 1 heterocycles. The third kappa shape index (κ3) is 4.28. The number of aromatic nitrogens is 1. The molecule has 0 aliphatic carbocycles. The molecule has 0 bridgehead atoms. The first kappa shape index (κ1) is 20.2. The summed E-state index contributed by atoms with van der Waals surface area (Å²) < 4.78 is 10.8. The minimum Gasteiger partial charge on any atom is -0.478 e. The highest BCUT2D eigenvalue weighted by molar-refractivity contribution is 6.30. The zero-order valence-electron chi connectivity index (χ0n) is 16.6. The molecule has 0 fully saturated rings. The molecule has 0 saturated carbocycles. The number of benzene rings is 2. The van der Waals surface area contributed by atoms with Crippen LogP contribution in [0.15, 0.2) is 36.4 Å². The summed E-state index contributed by atoms with van der Waals surface area (Å²) in [6.07, 6.45) is 0.887. The normalized spacial score (nSPS) is 10.9. The number of rotatable bonds is 6. The monoisotopic (exact) mass is 397 g/mol. The molecule has 2 aromatic carbocycles. The number of fused-ring (bicyclic) bond motifs is 1. The Morgan fingerprint density at radius 2 is 1.86 bits per heavy atom. The summed E-state index contributed by atoms with van der Waals surface area (Å²) in [4.78, 5) is 16.7. The highest BCUT2D eigenvalue weighted by atomic mass is 35.5. The van der Waals surface area contributed by atoms with Gasteiger partial charge in [-0.3, -0.25) is 4.79 Å². The molecule has 0 N–H and O–H groups in total. The lowest BCUT2D eigenvalue weighted by Gasteiger charge is -2.17. The Hall–Kier alpha value is -2.59. The van der Waals surface area contributed by atoms with Crippen LogP contribution in [0.1, 0.15) is 34.7 Å². The summed E-state index contributed by atoms with van der Waals surface area (Å²) in [7, 11) is 1.41. The van der Waals surface area contributed by atoms with Crippen LogP contribution in [0.4, 0.5) is 0 Å². The van der Waals surface area contributed by atoms with E-state index in [2.05, 4.69) is 6.92 Å². The zero-order valence-corrected chi connectivity index (χ0v) is 17.4. The number of aryl methyl sites for hydroxylation is 2. The van der Waals surface area contributed by atoms with Gasteiger partial charge < -0.3 is 9.47 Å². The van der Waals surface area contributed by atoms with Gasteiger partial charge in [-0.2, -0.15) is 0 Å². The van der Waals surface area contributed by atoms with Crippen LogP contribution in [0, 0.1) is 13.8 Å². The Morgan fingerprint density at radius 1 is 1.14 bits per heavy atom. The summed E-state index contributed by atoms with van der Waals surface area (Å²) in [6.45, 7) is 6.55. The maximum atomic E-state index is 11.9. The van der Waals surface area contributed by atoms with Crippen LogP contribution in [-0.4, -0.2) is 24.7 Å². The smallest absolute Gasteiger partial charge is 0.310 e. The quantitative estimate of drug-likeness (QED) is 0.536. The van der Waals surface area contributed by atoms with Crippen LogP contribution < -0.4 is 4.74 Å². The highest BCUT2D eigenvalue weighted by Gasteiger charge is 2.18. The number of esters is 1. The molecule has 0 atom stereocenters. The molecule has 146 valence electrons. The predicted molar refractivity (Wildman–Crippen MR) is 112 cm³/mol. The van der Waals surface area contributed by atoms with Crippen LogP contribution in [0.2, 0.25) is 5.02 Å². The van der Waals surface area contributed by atoms with E-state index in [-0.39, 0.29) is 12.4 Å². The molecule has 0 spiro atoms. The molecule has 0 amide bonds. The van der Waals surface area contributed by atoms with Crippen molar-refractivity contribution < 1.29 is 14.3 Å². The maximum Gasteiger partial charge on any atom is 0.310 e. The van der Waals surface area contributed by atoms with E-state index in [1.807, 2.05) is 50.2 Å². The lowest BCUT2D eigenvalue weighted by Crippen LogP contribution is -2.08. The number of ether oxygens (including phenoxy) is 2. The summed E-state index contributed by atoms with van der Waals surface area (Å²) in [6, 6.07) is 11.8. The number of methoxy groups -OCH3 is 1. The molecule has 4 nitrogen and oxygen atoms in total. The Kier molecular flexibility index (Phi) is 6.20. The average molecular weight is 398 g/mol. The number of hydrogen-bond acceptors (Lipinski definition) is 4. The first-order chi connectivity index (χ1) is 13.4. The lowest BCUT2D eigenvalue weighted by atomic mass is 9.93. The van der Waals surface area contributed by atoms with E-state index in [1.54, 1.807) is 0 Å². The SMILES string of the molecule is CCOc1nc2cc(C)cc(CC(=O)OC)c2c(C)c1Cc1ccc(Cl)cc1. The van der Waals surface area contributed by atoms with Crippen LogP contribution in [0.5, 0.6) is 5.88 Å². The van der Waals surface area contributed by atoms with E-state index in [1.165, 1.54) is 7.11 Å². The minimum atomic E-state index is -0.264. The number of pyridine rings is 1. The van der Waals surface area contributed by atoms with Crippen molar-refractivity contribution >= 4 is 28.5 Å². The second-order valence-corrected chi connectivity index (χ2v) is 7.26. The third-order valence-corrected chi connectivity index (χ3v) is 5.04. The Balaban J connectivity index is 2.20. The predicted octanol–water partition coefficient (Wildman–Crippen LogP) is 5.21. The van der Waals surface area contributed by atoms with Crippen molar-refractivity contribution in [1.82, 2.24) is 4.98 Å². The van der Waals surface area contributed by atoms with Gasteiger partial charge in [0.25, 0.3) is 0 Å². The topological polar surface area (TPSA) is 48.4 Å². The molecule has 0 aliphatic rings. The summed E-state index contributed by atoms with van der Waals surface area (Å²) in [5.41, 5.74) is 6.02. The maximum absolute atomic E-state index is 11.9. The van der Waals surface area contributed by atoms with Crippen LogP contribution >= 0.6 is 11.6 Å². The van der Waals surface area contributed by atoms with Gasteiger partial charge in [0, 0.05) is 22.4 Å². The molecule has 3 aromatic rings. The van der Waals surface area contributed by atoms with Gasteiger partial charge in [-0.25, -0.2) is 4.98 Å². The van der Waals surface area contributed by atoms with Crippen molar-refractivity contribution in [2.45, 2.75) is 33.6 Å². The average Bonchev–Trinajstić information content (AvgIpc) is 2.66. The lowest BCUT2D eigenvalue weighted by molar-refractivity contribution is -0.139. The molecule has 0 unspecified atom stereocenters. The Morgan fingerprint density at radius 3 is 2.50 bits per heavy atom. The van der Waals surface area contributed by atoms with Gasteiger partial charge in [0.05, 0.1) is 25.7 Å². The van der Waals surface area contributed by atoms with Gasteiger partial charge in [0.1, 0.15) is 0 Å².